The summed E-state index contributed by atoms with van der Waals surface area (Å²) in [6.45, 7) is 0.346. The molecule has 0 aromatic carbocycles. The van der Waals surface area contributed by atoms with Gasteiger partial charge in [-0.2, -0.15) is 11.8 Å². The maximum Gasteiger partial charge on any atom is 0.326 e. The van der Waals surface area contributed by atoms with Crippen LogP contribution in [-0.2, 0) is 9.59 Å². The number of carboxylic acids is 1. The Bertz CT molecular complexity index is 374. The van der Waals surface area contributed by atoms with Gasteiger partial charge in [0.1, 0.15) is 6.04 Å². The molecule has 0 heterocycles. The van der Waals surface area contributed by atoms with Crippen LogP contribution in [0.4, 0.5) is 4.79 Å². The van der Waals surface area contributed by atoms with Crippen molar-refractivity contribution in [2.24, 2.45) is 0 Å². The summed E-state index contributed by atoms with van der Waals surface area (Å²) in [6, 6.07) is -1.04. The van der Waals surface area contributed by atoms with Crippen LogP contribution in [-0.4, -0.2) is 53.7 Å². The Morgan fingerprint density at radius 3 is 2.62 bits per heavy atom. The topological polar surface area (TPSA) is 108 Å². The summed E-state index contributed by atoms with van der Waals surface area (Å²) < 4.78 is 0. The molecule has 8 heteroatoms. The van der Waals surface area contributed by atoms with Crippen molar-refractivity contribution in [3.05, 3.63) is 0 Å². The maximum atomic E-state index is 11.6. The van der Waals surface area contributed by atoms with E-state index >= 15 is 0 Å². The molecule has 0 saturated heterocycles. The number of nitrogens with one attached hydrogen (secondary N) is 3. The molecule has 1 aliphatic rings. The van der Waals surface area contributed by atoms with E-state index < -0.39 is 18.0 Å². The molecule has 4 N–H and O–H groups in total. The van der Waals surface area contributed by atoms with E-state index in [9.17, 15) is 14.4 Å². The summed E-state index contributed by atoms with van der Waals surface area (Å²) in [5, 5.41) is 16.8. The summed E-state index contributed by atoms with van der Waals surface area (Å²) in [4.78, 5) is 33.9. The Morgan fingerprint density at radius 2 is 2.05 bits per heavy atom. The van der Waals surface area contributed by atoms with Crippen LogP contribution in [0.25, 0.3) is 0 Å². The lowest BCUT2D eigenvalue weighted by atomic mass is 10.2. The molecule has 0 radical (unpaired) electrons. The average Bonchev–Trinajstić information content (AvgIpc) is 3.23. The van der Waals surface area contributed by atoms with E-state index in [0.717, 1.165) is 12.8 Å². The average molecular weight is 317 g/mol. The molecule has 1 atom stereocenters. The van der Waals surface area contributed by atoms with Gasteiger partial charge in [-0.1, -0.05) is 0 Å². The first-order valence-corrected chi connectivity index (χ1v) is 8.47. The van der Waals surface area contributed by atoms with Crippen molar-refractivity contribution in [1.29, 1.82) is 0 Å². The third kappa shape index (κ3) is 8.44. The molecule has 1 fully saturated rings. The van der Waals surface area contributed by atoms with Gasteiger partial charge < -0.3 is 21.1 Å². The normalized spacial score (nSPS) is 15.1. The smallest absolute Gasteiger partial charge is 0.326 e. The minimum absolute atomic E-state index is 0.00286. The molecule has 21 heavy (non-hydrogen) atoms. The summed E-state index contributed by atoms with van der Waals surface area (Å²) in [5.41, 5.74) is 0. The van der Waals surface area contributed by atoms with Crippen LogP contribution in [0.3, 0.4) is 0 Å². The highest BCUT2D eigenvalue weighted by Crippen LogP contribution is 2.18. The molecule has 0 bridgehead atoms. The fourth-order valence-electron chi connectivity index (χ4n) is 1.68. The van der Waals surface area contributed by atoms with Crippen molar-refractivity contribution >= 4 is 29.7 Å². The third-order valence-corrected chi connectivity index (χ3v) is 3.67. The highest BCUT2D eigenvalue weighted by Gasteiger charge is 2.23. The van der Waals surface area contributed by atoms with Crippen LogP contribution in [0.1, 0.15) is 32.1 Å². The Hall–Kier alpha value is -1.44. The highest BCUT2D eigenvalue weighted by atomic mass is 32.2. The van der Waals surface area contributed by atoms with Gasteiger partial charge in [0.2, 0.25) is 5.91 Å². The van der Waals surface area contributed by atoms with Gasteiger partial charge in [0.15, 0.2) is 0 Å². The number of carbonyl (C=O) groups is 3. The Kier molecular flexibility index (Phi) is 7.96. The standard InChI is InChI=1S/C13H23N3O4S/c1-21-8-6-10(12(18)19)16-13(20)14-7-2-3-11(17)15-9-4-5-9/h9-10H,2-8H2,1H3,(H,15,17)(H,18,19)(H2,14,16,20)/t10-/m1/s1. The fourth-order valence-corrected chi connectivity index (χ4v) is 2.15. The van der Waals surface area contributed by atoms with Gasteiger partial charge in [-0.3, -0.25) is 4.79 Å². The number of hydrogen-bond acceptors (Lipinski definition) is 4. The second-order valence-electron chi connectivity index (χ2n) is 5.02. The van der Waals surface area contributed by atoms with E-state index in [0.29, 0.717) is 37.6 Å². The first kappa shape index (κ1) is 17.6. The molecule has 0 aromatic heterocycles. The van der Waals surface area contributed by atoms with Gasteiger partial charge in [0, 0.05) is 19.0 Å². The van der Waals surface area contributed by atoms with Crippen molar-refractivity contribution in [1.82, 2.24) is 16.0 Å². The van der Waals surface area contributed by atoms with Crippen molar-refractivity contribution < 1.29 is 19.5 Å². The van der Waals surface area contributed by atoms with Gasteiger partial charge in [-0.15, -0.1) is 0 Å². The monoisotopic (exact) mass is 317 g/mol. The second kappa shape index (κ2) is 9.49. The van der Waals surface area contributed by atoms with E-state index in [1.165, 1.54) is 11.8 Å². The van der Waals surface area contributed by atoms with Crippen LogP contribution >= 0.6 is 11.8 Å². The quantitative estimate of drug-likeness (QED) is 0.440. The van der Waals surface area contributed by atoms with Crippen molar-refractivity contribution in [2.75, 3.05) is 18.6 Å². The molecule has 3 amide bonds. The Morgan fingerprint density at radius 1 is 1.33 bits per heavy atom. The molecule has 0 unspecified atom stereocenters. The fraction of sp³-hybridized carbons (Fsp3) is 0.769. The number of carboxylic acid groups (broad SMARTS) is 1. The van der Waals surface area contributed by atoms with E-state index in [4.69, 9.17) is 5.11 Å². The zero-order chi connectivity index (χ0) is 15.7. The maximum absolute atomic E-state index is 11.6. The van der Waals surface area contributed by atoms with Crippen LogP contribution in [0.15, 0.2) is 0 Å². The summed E-state index contributed by atoms with van der Waals surface area (Å²) in [7, 11) is 0. The van der Waals surface area contributed by atoms with Crippen LogP contribution in [0, 0.1) is 0 Å². The number of aliphatic carboxylic acids is 1. The zero-order valence-electron chi connectivity index (χ0n) is 12.2. The summed E-state index contributed by atoms with van der Waals surface area (Å²) in [5.74, 6) is -0.371. The number of carbonyl (C=O) groups excluding carboxylic acids is 2. The van der Waals surface area contributed by atoms with E-state index in [1.807, 2.05) is 6.26 Å². The molecule has 0 spiro atoms. The Labute approximate surface area is 128 Å². The number of urea groups is 1. The molecule has 1 rings (SSSR count). The number of hydrogen-bond donors (Lipinski definition) is 4. The van der Waals surface area contributed by atoms with Gasteiger partial charge in [0.25, 0.3) is 0 Å². The first-order valence-electron chi connectivity index (χ1n) is 7.08. The lowest BCUT2D eigenvalue weighted by Gasteiger charge is -2.14. The lowest BCUT2D eigenvalue weighted by Crippen LogP contribution is -2.46. The number of thioether (sulfide) groups is 1. The first-order chi connectivity index (χ1) is 10.0. The highest BCUT2D eigenvalue weighted by molar-refractivity contribution is 7.98. The SMILES string of the molecule is CSCC[C@@H](NC(=O)NCCCC(=O)NC1CC1)C(=O)O. The van der Waals surface area contributed by atoms with Gasteiger partial charge in [-0.25, -0.2) is 9.59 Å². The van der Waals surface area contributed by atoms with Crippen LogP contribution in [0.2, 0.25) is 0 Å². The van der Waals surface area contributed by atoms with E-state index in [-0.39, 0.29) is 5.91 Å². The van der Waals surface area contributed by atoms with E-state index in [1.54, 1.807) is 0 Å². The largest absolute Gasteiger partial charge is 0.480 e. The zero-order valence-corrected chi connectivity index (χ0v) is 13.0. The lowest BCUT2D eigenvalue weighted by molar-refractivity contribution is -0.139. The van der Waals surface area contributed by atoms with Gasteiger partial charge in [-0.05, 0) is 37.7 Å². The molecule has 1 aliphatic carbocycles. The molecular weight excluding hydrogens is 294 g/mol. The molecule has 1 saturated carbocycles. The third-order valence-electron chi connectivity index (χ3n) is 3.02. The molecule has 0 aliphatic heterocycles. The second-order valence-corrected chi connectivity index (χ2v) is 6.00. The van der Waals surface area contributed by atoms with Crippen molar-refractivity contribution in [2.45, 2.75) is 44.2 Å². The van der Waals surface area contributed by atoms with Crippen LogP contribution < -0.4 is 16.0 Å². The number of amides is 3. The minimum atomic E-state index is -1.04. The summed E-state index contributed by atoms with van der Waals surface area (Å²) >= 11 is 1.53. The van der Waals surface area contributed by atoms with Crippen molar-refractivity contribution in [3.8, 4) is 0 Å². The summed E-state index contributed by atoms with van der Waals surface area (Å²) in [6.07, 6.45) is 5.28. The van der Waals surface area contributed by atoms with Crippen LogP contribution in [0.5, 0.6) is 0 Å². The predicted molar refractivity (Wildman–Crippen MR) is 81.4 cm³/mol. The molecular formula is C13H23N3O4S. The van der Waals surface area contributed by atoms with Crippen molar-refractivity contribution in [3.63, 3.8) is 0 Å². The minimum Gasteiger partial charge on any atom is -0.480 e. The van der Waals surface area contributed by atoms with Gasteiger partial charge >= 0.3 is 12.0 Å². The number of rotatable bonds is 10. The molecule has 0 aromatic rings. The Balaban J connectivity index is 2.10. The molecule has 120 valence electrons. The predicted octanol–water partition coefficient (Wildman–Crippen LogP) is 0.551. The van der Waals surface area contributed by atoms with Gasteiger partial charge in [0.05, 0.1) is 0 Å². The molecule has 7 nitrogen and oxygen atoms in total. The van der Waals surface area contributed by atoms with E-state index in [2.05, 4.69) is 16.0 Å².